The van der Waals surface area contributed by atoms with Crippen LogP contribution in [0.4, 0.5) is 0 Å². The molecular formula is C14H15N3O2S. The molecule has 0 spiro atoms. The molecule has 20 heavy (non-hydrogen) atoms. The Hall–Kier alpha value is -2.10. The Bertz CT molecular complexity index is 663. The first-order chi connectivity index (χ1) is 9.60. The van der Waals surface area contributed by atoms with Gasteiger partial charge in [-0.15, -0.1) is 11.3 Å². The average molecular weight is 289 g/mol. The third kappa shape index (κ3) is 3.47. The quantitative estimate of drug-likeness (QED) is 0.861. The van der Waals surface area contributed by atoms with Crippen molar-refractivity contribution in [1.82, 2.24) is 14.7 Å². The Labute approximate surface area is 121 Å². The molecule has 0 radical (unpaired) electrons. The molecule has 0 fully saturated rings. The van der Waals surface area contributed by atoms with Gasteiger partial charge in [-0.1, -0.05) is 11.8 Å². The fourth-order valence-electron chi connectivity index (χ4n) is 1.76. The largest absolute Gasteiger partial charge is 0.384 e. The molecular weight excluding hydrogens is 274 g/mol. The molecule has 0 unspecified atom stereocenters. The summed E-state index contributed by atoms with van der Waals surface area (Å²) in [4.78, 5) is 14.7. The number of nitrogens with zero attached hydrogens (tertiary/aromatic N) is 3. The number of carbonyl (C=O) groups excluding carboxylic acids is 1. The standard InChI is InChI=1S/C14H15N3O2S/c1-16(8-11-7-15-17(2)9-11)14(19)12-6-13(20-10-12)4-3-5-18/h6-7,9-10,18H,5,8H2,1-2H3. The average Bonchev–Trinajstić information content (AvgIpc) is 3.04. The van der Waals surface area contributed by atoms with Gasteiger partial charge < -0.3 is 10.0 Å². The van der Waals surface area contributed by atoms with E-state index >= 15 is 0 Å². The second-order valence-corrected chi connectivity index (χ2v) is 5.25. The molecule has 0 aliphatic carbocycles. The summed E-state index contributed by atoms with van der Waals surface area (Å²) in [6.45, 7) is 0.336. The van der Waals surface area contributed by atoms with Gasteiger partial charge in [0.15, 0.2) is 0 Å². The highest BCUT2D eigenvalue weighted by molar-refractivity contribution is 7.10. The lowest BCUT2D eigenvalue weighted by Crippen LogP contribution is -2.25. The van der Waals surface area contributed by atoms with Crippen molar-refractivity contribution in [2.24, 2.45) is 7.05 Å². The van der Waals surface area contributed by atoms with Crippen LogP contribution in [0.15, 0.2) is 23.8 Å². The zero-order valence-corrected chi connectivity index (χ0v) is 12.1. The number of thiophene rings is 1. The van der Waals surface area contributed by atoms with Crippen LogP contribution in [-0.4, -0.2) is 39.3 Å². The van der Waals surface area contributed by atoms with E-state index in [0.717, 1.165) is 10.4 Å². The summed E-state index contributed by atoms with van der Waals surface area (Å²) in [6.07, 6.45) is 3.63. The minimum absolute atomic E-state index is 0.0536. The molecule has 0 bridgehead atoms. The maximum absolute atomic E-state index is 12.3. The lowest BCUT2D eigenvalue weighted by molar-refractivity contribution is 0.0785. The lowest BCUT2D eigenvalue weighted by atomic mass is 10.2. The SMILES string of the molecule is CN(Cc1cnn(C)c1)C(=O)c1csc(C#CCO)c1. The van der Waals surface area contributed by atoms with Crippen LogP contribution in [0.25, 0.3) is 0 Å². The van der Waals surface area contributed by atoms with Gasteiger partial charge in [0.25, 0.3) is 5.91 Å². The number of hydrogen-bond donors (Lipinski definition) is 1. The van der Waals surface area contributed by atoms with Crippen LogP contribution < -0.4 is 0 Å². The van der Waals surface area contributed by atoms with Crippen molar-refractivity contribution in [3.05, 3.63) is 39.8 Å². The molecule has 0 aliphatic heterocycles. The van der Waals surface area contributed by atoms with Crippen molar-refractivity contribution in [3.8, 4) is 11.8 Å². The van der Waals surface area contributed by atoms with Crippen LogP contribution in [-0.2, 0) is 13.6 Å². The van der Waals surface area contributed by atoms with Gasteiger partial charge in [-0.2, -0.15) is 5.10 Å². The fourth-order valence-corrected chi connectivity index (χ4v) is 2.51. The van der Waals surface area contributed by atoms with Crippen molar-refractivity contribution in [3.63, 3.8) is 0 Å². The maximum Gasteiger partial charge on any atom is 0.254 e. The monoisotopic (exact) mass is 289 g/mol. The van der Waals surface area contributed by atoms with Gasteiger partial charge in [-0.25, -0.2) is 0 Å². The zero-order chi connectivity index (χ0) is 14.5. The third-order valence-electron chi connectivity index (χ3n) is 2.66. The van der Waals surface area contributed by atoms with Gasteiger partial charge in [0.05, 0.1) is 16.6 Å². The summed E-state index contributed by atoms with van der Waals surface area (Å²) in [5.74, 6) is 5.31. The van der Waals surface area contributed by atoms with Crippen LogP contribution in [0.2, 0.25) is 0 Å². The minimum atomic E-state index is -0.178. The predicted octanol–water partition coefficient (Wildman–Crippen LogP) is 1.10. The summed E-state index contributed by atoms with van der Waals surface area (Å²) in [5.41, 5.74) is 1.60. The minimum Gasteiger partial charge on any atom is -0.384 e. The summed E-state index contributed by atoms with van der Waals surface area (Å²) in [7, 11) is 3.60. The normalized spacial score (nSPS) is 9.95. The maximum atomic E-state index is 12.3. The lowest BCUT2D eigenvalue weighted by Gasteiger charge is -2.15. The highest BCUT2D eigenvalue weighted by atomic mass is 32.1. The molecule has 5 nitrogen and oxygen atoms in total. The Kier molecular flexibility index (Phi) is 4.56. The molecule has 1 amide bonds. The van der Waals surface area contributed by atoms with Gasteiger partial charge in [-0.3, -0.25) is 9.48 Å². The van der Waals surface area contributed by atoms with E-state index in [1.165, 1.54) is 11.3 Å². The number of rotatable bonds is 3. The van der Waals surface area contributed by atoms with E-state index in [-0.39, 0.29) is 12.5 Å². The number of carbonyl (C=O) groups is 1. The summed E-state index contributed by atoms with van der Waals surface area (Å²) in [6, 6.07) is 1.75. The smallest absolute Gasteiger partial charge is 0.254 e. The topological polar surface area (TPSA) is 58.4 Å². The predicted molar refractivity (Wildman–Crippen MR) is 77.3 cm³/mol. The molecule has 2 aromatic rings. The first-order valence-electron chi connectivity index (χ1n) is 6.01. The van der Waals surface area contributed by atoms with Crippen LogP contribution >= 0.6 is 11.3 Å². The number of aliphatic hydroxyl groups is 1. The second-order valence-electron chi connectivity index (χ2n) is 4.34. The van der Waals surface area contributed by atoms with E-state index in [1.807, 2.05) is 13.2 Å². The Morgan fingerprint density at radius 3 is 3.05 bits per heavy atom. The number of hydrogen-bond acceptors (Lipinski definition) is 4. The summed E-state index contributed by atoms with van der Waals surface area (Å²) >= 11 is 1.40. The second kappa shape index (κ2) is 6.37. The van der Waals surface area contributed by atoms with Gasteiger partial charge in [0.1, 0.15) is 6.61 Å². The molecule has 0 aromatic carbocycles. The van der Waals surface area contributed by atoms with E-state index in [2.05, 4.69) is 16.9 Å². The molecule has 0 saturated heterocycles. The number of amides is 1. The van der Waals surface area contributed by atoms with E-state index < -0.39 is 0 Å². The van der Waals surface area contributed by atoms with Gasteiger partial charge >= 0.3 is 0 Å². The summed E-state index contributed by atoms with van der Waals surface area (Å²) < 4.78 is 1.71. The Morgan fingerprint density at radius 2 is 2.40 bits per heavy atom. The fraction of sp³-hybridized carbons (Fsp3) is 0.286. The molecule has 2 heterocycles. The van der Waals surface area contributed by atoms with Crippen LogP contribution in [0.1, 0.15) is 20.8 Å². The van der Waals surface area contributed by atoms with Gasteiger partial charge in [0, 0.05) is 37.8 Å². The molecule has 0 aliphatic rings. The van der Waals surface area contributed by atoms with E-state index in [1.54, 1.807) is 34.3 Å². The van der Waals surface area contributed by atoms with E-state index in [4.69, 9.17) is 5.11 Å². The Morgan fingerprint density at radius 1 is 1.60 bits per heavy atom. The molecule has 0 saturated carbocycles. The van der Waals surface area contributed by atoms with Crippen molar-refractivity contribution in [2.75, 3.05) is 13.7 Å². The first-order valence-corrected chi connectivity index (χ1v) is 6.89. The number of aromatic nitrogens is 2. The van der Waals surface area contributed by atoms with Crippen LogP contribution in [0, 0.1) is 11.8 Å². The molecule has 0 atom stereocenters. The van der Waals surface area contributed by atoms with Gasteiger partial charge in [0.2, 0.25) is 0 Å². The number of aliphatic hydroxyl groups excluding tert-OH is 1. The van der Waals surface area contributed by atoms with Crippen molar-refractivity contribution in [1.29, 1.82) is 0 Å². The molecule has 1 N–H and O–H groups in total. The summed E-state index contributed by atoms with van der Waals surface area (Å²) in [5, 5.41) is 14.5. The van der Waals surface area contributed by atoms with Crippen LogP contribution in [0.5, 0.6) is 0 Å². The molecule has 6 heteroatoms. The van der Waals surface area contributed by atoms with Gasteiger partial charge in [-0.05, 0) is 6.07 Å². The highest BCUT2D eigenvalue weighted by Gasteiger charge is 2.14. The first kappa shape index (κ1) is 14.3. The zero-order valence-electron chi connectivity index (χ0n) is 11.3. The highest BCUT2D eigenvalue weighted by Crippen LogP contribution is 2.16. The van der Waals surface area contributed by atoms with Crippen molar-refractivity contribution < 1.29 is 9.90 Å². The molecule has 2 aromatic heterocycles. The number of aryl methyl sites for hydroxylation is 1. The Balaban J connectivity index is 2.04. The molecule has 2 rings (SSSR count). The third-order valence-corrected chi connectivity index (χ3v) is 3.51. The van der Waals surface area contributed by atoms with Crippen molar-refractivity contribution in [2.45, 2.75) is 6.54 Å². The van der Waals surface area contributed by atoms with E-state index in [0.29, 0.717) is 12.1 Å². The van der Waals surface area contributed by atoms with E-state index in [9.17, 15) is 4.79 Å². The van der Waals surface area contributed by atoms with Crippen molar-refractivity contribution >= 4 is 17.2 Å². The van der Waals surface area contributed by atoms with Crippen LogP contribution in [0.3, 0.4) is 0 Å². The molecule has 104 valence electrons.